The summed E-state index contributed by atoms with van der Waals surface area (Å²) in [6, 6.07) is 8.60. The van der Waals surface area contributed by atoms with E-state index in [1.807, 2.05) is 0 Å². The van der Waals surface area contributed by atoms with Crippen LogP contribution in [-0.2, 0) is 14.2 Å². The third kappa shape index (κ3) is 5.70. The first kappa shape index (κ1) is 29.4. The van der Waals surface area contributed by atoms with Gasteiger partial charge in [0.1, 0.15) is 71.3 Å². The summed E-state index contributed by atoms with van der Waals surface area (Å²) in [5, 5.41) is 72.2. The van der Waals surface area contributed by atoms with Crippen molar-refractivity contribution in [2.24, 2.45) is 5.73 Å². The van der Waals surface area contributed by atoms with Gasteiger partial charge in [-0.1, -0.05) is 12.1 Å². The number of nitrogens with two attached hydrogens (primary N) is 1. The van der Waals surface area contributed by atoms with E-state index in [4.69, 9.17) is 29.4 Å². The van der Waals surface area contributed by atoms with Crippen LogP contribution in [0.2, 0.25) is 0 Å². The predicted molar refractivity (Wildman–Crippen MR) is 136 cm³/mol. The molecule has 0 saturated carbocycles. The van der Waals surface area contributed by atoms with Crippen molar-refractivity contribution in [2.75, 3.05) is 6.54 Å². The zero-order chi connectivity index (χ0) is 29.6. The molecule has 0 amide bonds. The number of aromatic hydroxyl groups is 2. The van der Waals surface area contributed by atoms with Crippen molar-refractivity contribution in [3.8, 4) is 23.0 Å². The quantitative estimate of drug-likeness (QED) is 0.201. The molecule has 0 radical (unpaired) electrons. The lowest BCUT2D eigenvalue weighted by Gasteiger charge is -2.45. The van der Waals surface area contributed by atoms with Crippen molar-refractivity contribution >= 4 is 5.78 Å². The number of rotatable bonds is 6. The second kappa shape index (κ2) is 11.7. The highest BCUT2D eigenvalue weighted by atomic mass is 16.8. The third-order valence-electron chi connectivity index (χ3n) is 7.47. The molecule has 11 atom stereocenters. The van der Waals surface area contributed by atoms with Crippen molar-refractivity contribution in [1.29, 1.82) is 0 Å². The van der Waals surface area contributed by atoms with Gasteiger partial charge >= 0.3 is 0 Å². The molecule has 0 spiro atoms. The van der Waals surface area contributed by atoms with E-state index in [1.54, 1.807) is 12.1 Å². The van der Waals surface area contributed by atoms with Gasteiger partial charge in [-0.15, -0.1) is 0 Å². The maximum atomic E-state index is 12.9. The van der Waals surface area contributed by atoms with Crippen LogP contribution in [0.1, 0.15) is 35.4 Å². The maximum Gasteiger partial charge on any atom is 0.229 e. The molecule has 41 heavy (non-hydrogen) atoms. The summed E-state index contributed by atoms with van der Waals surface area (Å²) in [5.41, 5.74) is 6.26. The topological polar surface area (TPSA) is 231 Å². The van der Waals surface area contributed by atoms with E-state index in [-0.39, 0.29) is 41.6 Å². The summed E-state index contributed by atoms with van der Waals surface area (Å²) in [7, 11) is 0. The molecule has 2 aromatic carbocycles. The molecule has 14 heteroatoms. The van der Waals surface area contributed by atoms with Crippen molar-refractivity contribution in [1.82, 2.24) is 0 Å². The number of fused-ring (bicyclic) bond motifs is 1. The van der Waals surface area contributed by atoms with Gasteiger partial charge in [0.2, 0.25) is 6.29 Å². The van der Waals surface area contributed by atoms with Gasteiger partial charge in [0.05, 0.1) is 12.5 Å². The lowest BCUT2D eigenvalue weighted by molar-refractivity contribution is -0.352. The van der Waals surface area contributed by atoms with E-state index >= 15 is 0 Å². The Kier molecular flexibility index (Phi) is 8.39. The zero-order valence-electron chi connectivity index (χ0n) is 21.9. The summed E-state index contributed by atoms with van der Waals surface area (Å²) < 4.78 is 28.8. The molecule has 2 aromatic rings. The summed E-state index contributed by atoms with van der Waals surface area (Å²) >= 11 is 0. The zero-order valence-corrected chi connectivity index (χ0v) is 21.9. The summed E-state index contributed by atoms with van der Waals surface area (Å²) in [5.74, 6) is -0.831. The maximum absolute atomic E-state index is 12.9. The molecule has 9 N–H and O–H groups in total. The third-order valence-corrected chi connectivity index (χ3v) is 7.47. The molecule has 2 fully saturated rings. The van der Waals surface area contributed by atoms with E-state index < -0.39 is 73.3 Å². The van der Waals surface area contributed by atoms with Crippen LogP contribution in [0, 0.1) is 0 Å². The van der Waals surface area contributed by atoms with Crippen LogP contribution in [0.4, 0.5) is 0 Å². The molecule has 0 unspecified atom stereocenters. The Hall–Kier alpha value is -3.05. The summed E-state index contributed by atoms with van der Waals surface area (Å²) in [6.07, 6.45) is -15.3. The fourth-order valence-corrected chi connectivity index (χ4v) is 5.11. The number of hydrogen-bond acceptors (Lipinski definition) is 14. The lowest BCUT2D eigenvalue weighted by Crippen LogP contribution is -2.65. The van der Waals surface area contributed by atoms with E-state index in [9.17, 15) is 40.5 Å². The highest BCUT2D eigenvalue weighted by molar-refractivity contribution is 6.02. The number of benzene rings is 2. The van der Waals surface area contributed by atoms with Crippen LogP contribution in [0.5, 0.6) is 23.0 Å². The van der Waals surface area contributed by atoms with Crippen molar-refractivity contribution in [3.05, 3.63) is 47.5 Å². The molecule has 224 valence electrons. The Morgan fingerprint density at radius 2 is 1.61 bits per heavy atom. The normalized spacial score (nSPS) is 37.2. The number of hydrogen-bond donors (Lipinski definition) is 8. The smallest absolute Gasteiger partial charge is 0.229 e. The van der Waals surface area contributed by atoms with Crippen LogP contribution in [0.15, 0.2) is 36.4 Å². The molecule has 0 aromatic heterocycles. The van der Waals surface area contributed by atoms with Crippen molar-refractivity contribution in [3.63, 3.8) is 0 Å². The molecule has 5 rings (SSSR count). The number of Topliss-reactive ketones (excluding diaryl/α,β-unsaturated/α-hetero) is 1. The Balaban J connectivity index is 1.41. The molecule has 3 heterocycles. The van der Waals surface area contributed by atoms with Gasteiger partial charge in [0.15, 0.2) is 18.2 Å². The number of ether oxygens (including phenoxy) is 5. The minimum Gasteiger partial charge on any atom is -0.508 e. The van der Waals surface area contributed by atoms with Crippen LogP contribution < -0.4 is 15.2 Å². The highest BCUT2D eigenvalue weighted by Gasteiger charge is 2.50. The number of ketones is 1. The Morgan fingerprint density at radius 1 is 0.902 bits per heavy atom. The minimum atomic E-state index is -1.72. The van der Waals surface area contributed by atoms with Crippen LogP contribution in [0.25, 0.3) is 0 Å². The van der Waals surface area contributed by atoms with Crippen LogP contribution >= 0.6 is 0 Å². The number of carbonyl (C=O) groups is 1. The molecule has 3 aliphatic heterocycles. The Labute approximate surface area is 234 Å². The first-order valence-electron chi connectivity index (χ1n) is 13.1. The fourth-order valence-electron chi connectivity index (χ4n) is 5.11. The summed E-state index contributed by atoms with van der Waals surface area (Å²) in [4.78, 5) is 12.9. The van der Waals surface area contributed by atoms with E-state index in [2.05, 4.69) is 0 Å². The average molecular weight is 580 g/mol. The first-order valence-corrected chi connectivity index (χ1v) is 13.1. The average Bonchev–Trinajstić information content (AvgIpc) is 2.94. The SMILES string of the molecule is C[C@@H]1O[C@@H](O[C@H]2[C@H](Oc3cc(O)c4c(c3)O[C@H](c3ccc(O)cc3)CC4=O)O[C@H](CN)[C@@H](O)[C@@H]2O)[C@H](O)[C@H](O)[C@H]1O. The van der Waals surface area contributed by atoms with E-state index in [0.717, 1.165) is 6.07 Å². The van der Waals surface area contributed by atoms with Gasteiger partial charge in [0, 0.05) is 18.7 Å². The van der Waals surface area contributed by atoms with Crippen LogP contribution in [-0.4, -0.2) is 109 Å². The lowest BCUT2D eigenvalue weighted by atomic mass is 9.95. The van der Waals surface area contributed by atoms with Crippen LogP contribution in [0.3, 0.4) is 0 Å². The molecule has 14 nitrogen and oxygen atoms in total. The Morgan fingerprint density at radius 3 is 2.29 bits per heavy atom. The molecule has 2 saturated heterocycles. The largest absolute Gasteiger partial charge is 0.508 e. The van der Waals surface area contributed by atoms with Gasteiger partial charge in [-0.2, -0.15) is 0 Å². The molecular weight excluding hydrogens is 546 g/mol. The van der Waals surface area contributed by atoms with Crippen molar-refractivity contribution < 1.29 is 64.2 Å². The van der Waals surface area contributed by atoms with E-state index in [1.165, 1.54) is 25.1 Å². The predicted octanol–water partition coefficient (Wildman–Crippen LogP) is -1.20. The summed E-state index contributed by atoms with van der Waals surface area (Å²) in [6.45, 7) is 1.23. The van der Waals surface area contributed by atoms with E-state index in [0.29, 0.717) is 5.56 Å². The first-order chi connectivity index (χ1) is 19.5. The number of aliphatic hydroxyl groups is 5. The monoisotopic (exact) mass is 579 g/mol. The highest BCUT2D eigenvalue weighted by Crippen LogP contribution is 2.43. The number of carbonyl (C=O) groups excluding carboxylic acids is 1. The molecule has 0 aliphatic carbocycles. The van der Waals surface area contributed by atoms with Gasteiger partial charge in [-0.25, -0.2) is 0 Å². The number of phenols is 2. The molecular formula is C27H33NO13. The number of aliphatic hydroxyl groups excluding tert-OH is 5. The Bertz CT molecular complexity index is 1240. The van der Waals surface area contributed by atoms with Gasteiger partial charge in [-0.05, 0) is 24.6 Å². The van der Waals surface area contributed by atoms with Crippen molar-refractivity contribution in [2.45, 2.75) is 80.9 Å². The second-order valence-electron chi connectivity index (χ2n) is 10.3. The van der Waals surface area contributed by atoms with Gasteiger partial charge in [0.25, 0.3) is 0 Å². The second-order valence-corrected chi connectivity index (χ2v) is 10.3. The number of phenolic OH excluding ortho intramolecular Hbond substituents is 2. The molecule has 3 aliphatic rings. The van der Waals surface area contributed by atoms with Gasteiger partial charge in [-0.3, -0.25) is 4.79 Å². The van der Waals surface area contributed by atoms with Gasteiger partial charge < -0.3 is 65.2 Å². The fraction of sp³-hybridized carbons (Fsp3) is 0.519. The standard InChI is InChI=1S/C27H33NO13/c1-10-20(32)22(34)24(36)26(37-10)41-25-23(35)21(33)18(9-28)40-27(25)38-13-6-14(30)19-15(31)8-16(39-17(19)7-13)11-2-4-12(29)5-3-11/h2-7,10,16,18,20-27,29-30,32-36H,8-9,28H2,1H3/t10-,16-,18+,20-,21+,22+,23-,24+,25+,26-,27+/m0/s1. The molecule has 0 bridgehead atoms. The minimum absolute atomic E-state index is 0.00975.